The predicted molar refractivity (Wildman–Crippen MR) is 98.8 cm³/mol. The second-order valence-corrected chi connectivity index (χ2v) is 7.02. The van der Waals surface area contributed by atoms with E-state index >= 15 is 0 Å². The molecular formula is C20H27N3O3. The van der Waals surface area contributed by atoms with Crippen molar-refractivity contribution in [2.24, 2.45) is 0 Å². The van der Waals surface area contributed by atoms with E-state index < -0.39 is 0 Å². The van der Waals surface area contributed by atoms with Crippen molar-refractivity contribution in [2.45, 2.75) is 39.9 Å². The van der Waals surface area contributed by atoms with Crippen LogP contribution in [0.15, 0.2) is 34.9 Å². The van der Waals surface area contributed by atoms with Crippen LogP contribution in [0.2, 0.25) is 0 Å². The molecule has 0 unspecified atom stereocenters. The zero-order valence-electron chi connectivity index (χ0n) is 15.8. The Kier molecular flexibility index (Phi) is 6.06. The topological polar surface area (TPSA) is 58.8 Å². The van der Waals surface area contributed by atoms with Crippen LogP contribution >= 0.6 is 0 Å². The number of carbonyl (C=O) groups excluding carboxylic acids is 1. The molecular weight excluding hydrogens is 330 g/mol. The van der Waals surface area contributed by atoms with Crippen molar-refractivity contribution in [3.8, 4) is 0 Å². The van der Waals surface area contributed by atoms with Gasteiger partial charge in [-0.3, -0.25) is 9.69 Å². The van der Waals surface area contributed by atoms with Gasteiger partial charge in [-0.25, -0.2) is 4.98 Å². The molecule has 0 aliphatic carbocycles. The molecule has 3 rings (SSSR count). The summed E-state index contributed by atoms with van der Waals surface area (Å²) < 4.78 is 10.9. The van der Waals surface area contributed by atoms with Crippen LogP contribution in [0.5, 0.6) is 0 Å². The predicted octanol–water partition coefficient (Wildman–Crippen LogP) is 2.87. The Morgan fingerprint density at radius 2 is 1.88 bits per heavy atom. The van der Waals surface area contributed by atoms with E-state index in [9.17, 15) is 4.79 Å². The van der Waals surface area contributed by atoms with E-state index in [0.29, 0.717) is 50.5 Å². The van der Waals surface area contributed by atoms with Gasteiger partial charge in [-0.05, 0) is 26.3 Å². The number of oxazole rings is 1. The van der Waals surface area contributed by atoms with Crippen LogP contribution in [-0.2, 0) is 17.8 Å². The summed E-state index contributed by atoms with van der Waals surface area (Å²) >= 11 is 0. The van der Waals surface area contributed by atoms with Crippen LogP contribution in [0.25, 0.3) is 0 Å². The van der Waals surface area contributed by atoms with E-state index in [-0.39, 0.29) is 5.91 Å². The van der Waals surface area contributed by atoms with Crippen LogP contribution in [0.4, 0.5) is 0 Å². The van der Waals surface area contributed by atoms with Crippen LogP contribution in [0, 0.1) is 6.92 Å². The summed E-state index contributed by atoms with van der Waals surface area (Å²) in [5.41, 5.74) is 2.88. The molecule has 140 valence electrons. The summed E-state index contributed by atoms with van der Waals surface area (Å²) in [5, 5.41) is 0. The second kappa shape index (κ2) is 8.47. The van der Waals surface area contributed by atoms with Gasteiger partial charge in [0.25, 0.3) is 5.91 Å². The normalized spacial score (nSPS) is 15.0. The maximum absolute atomic E-state index is 12.5. The Hall–Kier alpha value is -2.18. The molecule has 0 spiro atoms. The summed E-state index contributed by atoms with van der Waals surface area (Å²) in [4.78, 5) is 21.0. The fourth-order valence-corrected chi connectivity index (χ4v) is 2.93. The van der Waals surface area contributed by atoms with Crippen molar-refractivity contribution in [1.82, 2.24) is 14.8 Å². The number of hydrogen-bond acceptors (Lipinski definition) is 5. The van der Waals surface area contributed by atoms with Crippen LogP contribution in [0.1, 0.15) is 41.4 Å². The number of hydrogen-bond donors (Lipinski definition) is 0. The van der Waals surface area contributed by atoms with E-state index in [2.05, 4.69) is 54.9 Å². The van der Waals surface area contributed by atoms with Gasteiger partial charge < -0.3 is 14.1 Å². The number of rotatable bonds is 6. The van der Waals surface area contributed by atoms with Crippen molar-refractivity contribution in [1.29, 1.82) is 0 Å². The van der Waals surface area contributed by atoms with E-state index in [1.807, 2.05) is 0 Å². The molecule has 26 heavy (non-hydrogen) atoms. The zero-order valence-corrected chi connectivity index (χ0v) is 15.8. The van der Waals surface area contributed by atoms with Gasteiger partial charge in [0.15, 0.2) is 5.69 Å². The molecule has 1 aliphatic rings. The molecule has 0 bridgehead atoms. The summed E-state index contributed by atoms with van der Waals surface area (Å²) in [6.07, 6.45) is 1.47. The lowest BCUT2D eigenvalue weighted by Crippen LogP contribution is -2.40. The average Bonchev–Trinajstić information content (AvgIpc) is 3.11. The third kappa shape index (κ3) is 4.71. The number of aromatic nitrogens is 1. The van der Waals surface area contributed by atoms with E-state index in [1.54, 1.807) is 4.90 Å². The number of benzene rings is 1. The molecule has 1 aliphatic heterocycles. The van der Waals surface area contributed by atoms with Gasteiger partial charge in [-0.15, -0.1) is 0 Å². The minimum absolute atomic E-state index is 0.0852. The lowest BCUT2D eigenvalue weighted by atomic mass is 10.1. The Bertz CT molecular complexity index is 718. The highest BCUT2D eigenvalue weighted by Crippen LogP contribution is 2.15. The first-order valence-electron chi connectivity index (χ1n) is 9.14. The van der Waals surface area contributed by atoms with Gasteiger partial charge in [-0.1, -0.05) is 29.8 Å². The maximum atomic E-state index is 12.5. The summed E-state index contributed by atoms with van der Waals surface area (Å²) in [6, 6.07) is 8.87. The van der Waals surface area contributed by atoms with Crippen molar-refractivity contribution in [2.75, 3.05) is 26.3 Å². The molecule has 0 N–H and O–H groups in total. The van der Waals surface area contributed by atoms with E-state index in [0.717, 1.165) is 6.54 Å². The van der Waals surface area contributed by atoms with E-state index in [4.69, 9.17) is 9.15 Å². The van der Waals surface area contributed by atoms with Crippen LogP contribution in [0.3, 0.4) is 0 Å². The molecule has 6 heteroatoms. The highest BCUT2D eigenvalue weighted by atomic mass is 16.5. The quantitative estimate of drug-likeness (QED) is 0.796. The largest absolute Gasteiger partial charge is 0.447 e. The van der Waals surface area contributed by atoms with Crippen molar-refractivity contribution in [3.05, 3.63) is 53.2 Å². The van der Waals surface area contributed by atoms with Crippen molar-refractivity contribution in [3.63, 3.8) is 0 Å². The highest BCUT2D eigenvalue weighted by molar-refractivity contribution is 5.92. The first-order valence-corrected chi connectivity index (χ1v) is 9.14. The molecule has 2 heterocycles. The Labute approximate surface area is 154 Å². The summed E-state index contributed by atoms with van der Waals surface area (Å²) in [6.45, 7) is 10.1. The molecule has 1 saturated heterocycles. The molecule has 1 fully saturated rings. The molecule has 0 saturated carbocycles. The molecule has 1 amide bonds. The van der Waals surface area contributed by atoms with E-state index in [1.165, 1.54) is 17.4 Å². The highest BCUT2D eigenvalue weighted by Gasteiger charge is 2.22. The van der Waals surface area contributed by atoms with Gasteiger partial charge in [0.2, 0.25) is 5.89 Å². The molecule has 6 nitrogen and oxygen atoms in total. The Balaban J connectivity index is 1.65. The van der Waals surface area contributed by atoms with Gasteiger partial charge >= 0.3 is 0 Å². The second-order valence-electron chi connectivity index (χ2n) is 7.02. The van der Waals surface area contributed by atoms with Crippen LogP contribution < -0.4 is 0 Å². The van der Waals surface area contributed by atoms with Crippen molar-refractivity contribution < 1.29 is 13.9 Å². The minimum atomic E-state index is -0.0852. The fourth-order valence-electron chi connectivity index (χ4n) is 2.93. The van der Waals surface area contributed by atoms with Crippen LogP contribution in [-0.4, -0.2) is 53.0 Å². The third-order valence-electron chi connectivity index (χ3n) is 4.64. The van der Waals surface area contributed by atoms with Crippen molar-refractivity contribution >= 4 is 5.91 Å². The van der Waals surface area contributed by atoms with Gasteiger partial charge in [0.1, 0.15) is 6.26 Å². The fraction of sp³-hybridized carbons (Fsp3) is 0.500. The monoisotopic (exact) mass is 357 g/mol. The number of amides is 1. The lowest BCUT2D eigenvalue weighted by molar-refractivity contribution is 0.0299. The lowest BCUT2D eigenvalue weighted by Gasteiger charge is -2.26. The minimum Gasteiger partial charge on any atom is -0.447 e. The Morgan fingerprint density at radius 1 is 1.19 bits per heavy atom. The number of aryl methyl sites for hydroxylation is 1. The molecule has 1 aromatic heterocycles. The first-order chi connectivity index (χ1) is 12.5. The van der Waals surface area contributed by atoms with Gasteiger partial charge in [0.05, 0.1) is 19.8 Å². The number of nitrogens with zero attached hydrogens (tertiary/aromatic N) is 3. The maximum Gasteiger partial charge on any atom is 0.275 e. The molecule has 2 aromatic rings. The number of morpholine rings is 1. The van der Waals surface area contributed by atoms with Gasteiger partial charge in [-0.2, -0.15) is 0 Å². The molecule has 0 radical (unpaired) electrons. The molecule has 1 aromatic carbocycles. The molecule has 0 atom stereocenters. The summed E-state index contributed by atoms with van der Waals surface area (Å²) in [5.74, 6) is 0.486. The first kappa shape index (κ1) is 18.6. The number of carbonyl (C=O) groups is 1. The van der Waals surface area contributed by atoms with Gasteiger partial charge in [0, 0.05) is 25.7 Å². The summed E-state index contributed by atoms with van der Waals surface area (Å²) in [7, 11) is 0. The standard InChI is InChI=1S/C20H27N3O3/c1-15(2)23(12-17-6-4-16(3)5-7-17)13-19-21-18(14-26-19)20(24)22-8-10-25-11-9-22/h4-7,14-15H,8-13H2,1-3H3. The average molecular weight is 357 g/mol. The third-order valence-corrected chi connectivity index (χ3v) is 4.64. The number of ether oxygens (including phenoxy) is 1. The smallest absolute Gasteiger partial charge is 0.275 e. The zero-order chi connectivity index (χ0) is 18.5. The Morgan fingerprint density at radius 3 is 2.54 bits per heavy atom. The SMILES string of the molecule is Cc1ccc(CN(Cc2nc(C(=O)N3CCOCC3)co2)C(C)C)cc1.